The molecule has 0 bridgehead atoms. The van der Waals surface area contributed by atoms with Crippen molar-refractivity contribution in [3.05, 3.63) is 179 Å². The summed E-state index contributed by atoms with van der Waals surface area (Å²) in [7, 11) is -3.91. The molecular weight excluding hydrogens is 782 g/mol. The fourth-order valence-electron chi connectivity index (χ4n) is 8.55. The summed E-state index contributed by atoms with van der Waals surface area (Å²) in [6.45, 7) is 20.6. The maximum Gasteiger partial charge on any atom is 0.311 e. The van der Waals surface area contributed by atoms with Crippen molar-refractivity contribution in [2.45, 2.75) is 91.8 Å². The second-order valence-corrected chi connectivity index (χ2v) is 22.0. The summed E-state index contributed by atoms with van der Waals surface area (Å²) in [5.41, 5.74) is 10.4. The van der Waals surface area contributed by atoms with Crippen molar-refractivity contribution in [3.63, 3.8) is 0 Å². The lowest BCUT2D eigenvalue weighted by molar-refractivity contribution is 0.304. The standard InChI is InChI=1S/C56H56NO4P/c1-54(2,3)39-26-22-37(23-27-39)35-59-48-34-50(62(58)49-21-15-12-17-44(49)43-16-11-14-20-47(43)61-62)53(60-36-38-24-28-40(29-25-38)55(4,5)6)51-45-18-10-13-19-46(45)57(52(48)51)42-32-30-41(31-33-42)56(7,8)9/h10-34H,35-36H2,1-9H3. The maximum absolute atomic E-state index is 16.4. The van der Waals surface area contributed by atoms with E-state index in [0.717, 1.165) is 49.7 Å². The Morgan fingerprint density at radius 2 is 1.03 bits per heavy atom. The van der Waals surface area contributed by atoms with Crippen molar-refractivity contribution in [2.24, 2.45) is 0 Å². The molecule has 0 spiro atoms. The molecule has 6 heteroatoms. The number of aromatic nitrogens is 1. The van der Waals surface area contributed by atoms with Gasteiger partial charge in [-0.2, -0.15) is 0 Å². The van der Waals surface area contributed by atoms with Crippen LogP contribution in [0.3, 0.4) is 0 Å². The molecule has 0 saturated heterocycles. The van der Waals surface area contributed by atoms with Crippen LogP contribution in [0, 0.1) is 0 Å². The Bertz CT molecular complexity index is 2990. The topological polar surface area (TPSA) is 49.7 Å². The molecule has 0 radical (unpaired) electrons. The van der Waals surface area contributed by atoms with Crippen molar-refractivity contribution >= 4 is 39.8 Å². The first kappa shape index (κ1) is 41.3. The van der Waals surface area contributed by atoms with Gasteiger partial charge in [0.2, 0.25) is 0 Å². The van der Waals surface area contributed by atoms with Gasteiger partial charge in [-0.05, 0) is 80.0 Å². The van der Waals surface area contributed by atoms with E-state index in [4.69, 9.17) is 14.0 Å². The van der Waals surface area contributed by atoms with Crippen molar-refractivity contribution in [2.75, 3.05) is 0 Å². The van der Waals surface area contributed by atoms with E-state index in [9.17, 15) is 0 Å². The van der Waals surface area contributed by atoms with E-state index in [2.05, 4.69) is 164 Å². The van der Waals surface area contributed by atoms with Crippen LogP contribution in [0.15, 0.2) is 152 Å². The molecule has 1 unspecified atom stereocenters. The lowest BCUT2D eigenvalue weighted by atomic mass is 9.87. The molecule has 8 aromatic rings. The van der Waals surface area contributed by atoms with Crippen LogP contribution in [0.25, 0.3) is 38.6 Å². The van der Waals surface area contributed by atoms with Crippen LogP contribution in [0.5, 0.6) is 17.2 Å². The summed E-state index contributed by atoms with van der Waals surface area (Å²) >= 11 is 0. The number of fused-ring (bicyclic) bond motifs is 6. The molecule has 1 atom stereocenters. The number of benzene rings is 7. The Balaban J connectivity index is 1.32. The molecule has 1 aliphatic heterocycles. The molecule has 0 aliphatic carbocycles. The molecular formula is C56H56NO4P. The van der Waals surface area contributed by atoms with Crippen LogP contribution in [-0.4, -0.2) is 4.57 Å². The zero-order valence-corrected chi connectivity index (χ0v) is 38.3. The number of hydrogen-bond donors (Lipinski definition) is 0. The van der Waals surface area contributed by atoms with Crippen LogP contribution >= 0.6 is 7.37 Å². The van der Waals surface area contributed by atoms with E-state index in [-0.39, 0.29) is 22.9 Å². The Morgan fingerprint density at radius 3 is 1.63 bits per heavy atom. The van der Waals surface area contributed by atoms with E-state index in [1.54, 1.807) is 0 Å². The highest BCUT2D eigenvalue weighted by molar-refractivity contribution is 7.75. The van der Waals surface area contributed by atoms with Gasteiger partial charge in [-0.25, -0.2) is 0 Å². The quantitative estimate of drug-likeness (QED) is 0.143. The second kappa shape index (κ2) is 15.4. The predicted molar refractivity (Wildman–Crippen MR) is 258 cm³/mol. The molecule has 62 heavy (non-hydrogen) atoms. The molecule has 7 aromatic carbocycles. The fraction of sp³-hybridized carbons (Fsp3) is 0.250. The highest BCUT2D eigenvalue weighted by Gasteiger charge is 2.42. The third-order valence-electron chi connectivity index (χ3n) is 12.2. The number of ether oxygens (including phenoxy) is 2. The molecule has 2 heterocycles. The maximum atomic E-state index is 16.4. The summed E-state index contributed by atoms with van der Waals surface area (Å²) in [6.07, 6.45) is 0. The summed E-state index contributed by atoms with van der Waals surface area (Å²) < 4.78 is 39.7. The van der Waals surface area contributed by atoms with E-state index in [0.29, 0.717) is 34.5 Å². The largest absolute Gasteiger partial charge is 0.487 e. The van der Waals surface area contributed by atoms with Gasteiger partial charge in [-0.3, -0.25) is 4.57 Å². The Hall–Kier alpha value is -6.03. The lowest BCUT2D eigenvalue weighted by Crippen LogP contribution is -2.27. The average Bonchev–Trinajstić information content (AvgIpc) is 3.60. The number of hydrogen-bond acceptors (Lipinski definition) is 4. The van der Waals surface area contributed by atoms with Gasteiger partial charge in [0.05, 0.1) is 21.5 Å². The minimum atomic E-state index is -3.91. The third-order valence-corrected chi connectivity index (χ3v) is 14.6. The third kappa shape index (κ3) is 7.51. The first-order valence-electron chi connectivity index (χ1n) is 21.7. The normalized spacial score (nSPS) is 15.2. The van der Waals surface area contributed by atoms with Crippen molar-refractivity contribution in [1.82, 2.24) is 4.57 Å². The molecule has 0 amide bonds. The van der Waals surface area contributed by atoms with Crippen LogP contribution in [0.2, 0.25) is 0 Å². The average molecular weight is 838 g/mol. The van der Waals surface area contributed by atoms with Gasteiger partial charge in [0.15, 0.2) is 0 Å². The summed E-state index contributed by atoms with van der Waals surface area (Å²) in [5, 5.41) is 2.86. The van der Waals surface area contributed by atoms with E-state index in [1.165, 1.54) is 16.7 Å². The predicted octanol–water partition coefficient (Wildman–Crippen LogP) is 14.1. The summed E-state index contributed by atoms with van der Waals surface area (Å²) in [6, 6.07) is 52.1. The summed E-state index contributed by atoms with van der Waals surface area (Å²) in [5.74, 6) is 1.67. The van der Waals surface area contributed by atoms with E-state index < -0.39 is 7.37 Å². The van der Waals surface area contributed by atoms with Gasteiger partial charge in [0.25, 0.3) is 0 Å². The molecule has 0 fully saturated rings. The zero-order chi connectivity index (χ0) is 43.6. The van der Waals surface area contributed by atoms with Gasteiger partial charge in [0.1, 0.15) is 36.0 Å². The smallest absolute Gasteiger partial charge is 0.311 e. The molecule has 314 valence electrons. The van der Waals surface area contributed by atoms with E-state index in [1.807, 2.05) is 54.6 Å². The molecule has 5 nitrogen and oxygen atoms in total. The number of rotatable bonds is 8. The minimum Gasteiger partial charge on any atom is -0.487 e. The van der Waals surface area contributed by atoms with Crippen LogP contribution in [-0.2, 0) is 34.0 Å². The first-order valence-corrected chi connectivity index (χ1v) is 23.3. The van der Waals surface area contributed by atoms with Gasteiger partial charge in [-0.15, -0.1) is 0 Å². The van der Waals surface area contributed by atoms with Gasteiger partial charge in [0, 0.05) is 22.7 Å². The molecule has 9 rings (SSSR count). The Labute approximate surface area is 366 Å². The monoisotopic (exact) mass is 837 g/mol. The highest BCUT2D eigenvalue weighted by Crippen LogP contribution is 2.57. The van der Waals surface area contributed by atoms with Gasteiger partial charge < -0.3 is 18.6 Å². The molecule has 0 saturated carbocycles. The molecule has 0 N–H and O–H groups in total. The van der Waals surface area contributed by atoms with Crippen molar-refractivity contribution in [3.8, 4) is 34.1 Å². The van der Waals surface area contributed by atoms with Crippen LogP contribution in [0.1, 0.15) is 90.1 Å². The summed E-state index contributed by atoms with van der Waals surface area (Å²) in [4.78, 5) is 0. The van der Waals surface area contributed by atoms with Crippen molar-refractivity contribution in [1.29, 1.82) is 0 Å². The fourth-order valence-corrected chi connectivity index (χ4v) is 11.0. The minimum absolute atomic E-state index is 0.0114. The lowest BCUT2D eigenvalue weighted by Gasteiger charge is -2.30. The van der Waals surface area contributed by atoms with Gasteiger partial charge in [-0.1, -0.05) is 178 Å². The number of nitrogens with zero attached hydrogens (tertiary/aromatic N) is 1. The first-order chi connectivity index (χ1) is 29.5. The Morgan fingerprint density at radius 1 is 0.532 bits per heavy atom. The van der Waals surface area contributed by atoms with E-state index >= 15 is 4.57 Å². The molecule has 1 aromatic heterocycles. The van der Waals surface area contributed by atoms with Gasteiger partial charge >= 0.3 is 7.37 Å². The van der Waals surface area contributed by atoms with Crippen molar-refractivity contribution < 1.29 is 18.6 Å². The molecule has 1 aliphatic rings. The Kier molecular flexibility index (Phi) is 10.3. The highest BCUT2D eigenvalue weighted by atomic mass is 31.2. The van der Waals surface area contributed by atoms with Crippen LogP contribution in [0.4, 0.5) is 0 Å². The SMILES string of the molecule is CC(C)(C)c1ccc(COc2c(P3(=O)Oc4ccccc4-c4ccccc43)cc(OCc3ccc(C(C)(C)C)cc3)c3c2c2ccccc2n3-c2ccc(C(C)(C)C)cc2)cc1. The number of para-hydroxylation sites is 2. The zero-order valence-electron chi connectivity index (χ0n) is 37.4. The second-order valence-electron chi connectivity index (χ2n) is 19.7. The van der Waals surface area contributed by atoms with Crippen LogP contribution < -0.4 is 24.6 Å².